The summed E-state index contributed by atoms with van der Waals surface area (Å²) in [6.07, 6.45) is 1.58. The number of aliphatic hydroxyl groups excluding tert-OH is 1. The number of rotatable bonds is 5. The van der Waals surface area contributed by atoms with Crippen LogP contribution in [0, 0.1) is 17.8 Å². The Hall–Kier alpha value is 0.110. The summed E-state index contributed by atoms with van der Waals surface area (Å²) in [5.74, 6) is 0.905. The van der Waals surface area contributed by atoms with Gasteiger partial charge in [-0.15, -0.1) is 0 Å². The zero-order valence-electron chi connectivity index (χ0n) is 9.76. The molecule has 92 valence electrons. The minimum Gasteiger partial charge on any atom is -0.392 e. The summed E-state index contributed by atoms with van der Waals surface area (Å²) in [5, 5.41) is 9.67. The van der Waals surface area contributed by atoms with Gasteiger partial charge in [0.05, 0.1) is 24.5 Å². The van der Waals surface area contributed by atoms with E-state index in [1.807, 2.05) is 13.8 Å². The van der Waals surface area contributed by atoms with Gasteiger partial charge in [0.15, 0.2) is 0 Å². The smallest absolute Gasteiger partial charge is 0.337 e. The summed E-state index contributed by atoms with van der Waals surface area (Å²) in [5.41, 5.74) is 0. The van der Waals surface area contributed by atoms with Crippen molar-refractivity contribution >= 4 is 7.60 Å². The molecular weight excluding hydrogens is 227 g/mol. The molecule has 0 aromatic carbocycles. The van der Waals surface area contributed by atoms with Crippen LogP contribution in [-0.4, -0.2) is 29.6 Å². The van der Waals surface area contributed by atoms with Crippen molar-refractivity contribution in [3.63, 3.8) is 0 Å². The van der Waals surface area contributed by atoms with Crippen LogP contribution >= 0.6 is 7.60 Å². The van der Waals surface area contributed by atoms with Crippen LogP contribution in [0.15, 0.2) is 0 Å². The third kappa shape index (κ3) is 1.05. The van der Waals surface area contributed by atoms with Gasteiger partial charge in [0.1, 0.15) is 0 Å². The van der Waals surface area contributed by atoms with Gasteiger partial charge < -0.3 is 14.2 Å². The lowest BCUT2D eigenvalue weighted by atomic mass is 10.1. The Morgan fingerprint density at radius 3 is 2.31 bits per heavy atom. The van der Waals surface area contributed by atoms with Gasteiger partial charge in [-0.1, -0.05) is 0 Å². The van der Waals surface area contributed by atoms with Crippen molar-refractivity contribution in [2.45, 2.75) is 37.9 Å². The molecule has 0 radical (unpaired) electrons. The zero-order chi connectivity index (χ0) is 11.6. The molecular formula is C11H19O4P. The molecule has 0 unspecified atom stereocenters. The first-order valence-corrected chi connectivity index (χ1v) is 7.72. The Morgan fingerprint density at radius 1 is 1.38 bits per heavy atom. The van der Waals surface area contributed by atoms with Gasteiger partial charge in [0.2, 0.25) is 0 Å². The topological polar surface area (TPSA) is 55.8 Å². The van der Waals surface area contributed by atoms with E-state index in [1.165, 1.54) is 0 Å². The molecule has 4 bridgehead atoms. The summed E-state index contributed by atoms with van der Waals surface area (Å²) >= 11 is 0. The predicted molar refractivity (Wildman–Crippen MR) is 59.3 cm³/mol. The summed E-state index contributed by atoms with van der Waals surface area (Å²) in [7, 11) is -3.02. The standard InChI is InChI=1S/C11H19O4P/c1-3-14-16(13,15-4-2)11-6-7-5-8(11)9(11)10(7)12/h7-10,12H,3-6H2,1-2H3/t7-,8-,9-,10-,11+/m0/s1. The van der Waals surface area contributed by atoms with Crippen LogP contribution in [0.25, 0.3) is 0 Å². The van der Waals surface area contributed by atoms with Crippen molar-refractivity contribution in [3.05, 3.63) is 0 Å². The minimum absolute atomic E-state index is 0.182. The highest BCUT2D eigenvalue weighted by Gasteiger charge is 2.86. The quantitative estimate of drug-likeness (QED) is 0.754. The highest BCUT2D eigenvalue weighted by atomic mass is 31.2. The normalized spacial score (nSPS) is 48.7. The van der Waals surface area contributed by atoms with Gasteiger partial charge in [0, 0.05) is 5.92 Å². The average molecular weight is 246 g/mol. The monoisotopic (exact) mass is 246 g/mol. The first kappa shape index (κ1) is 11.2. The van der Waals surface area contributed by atoms with Crippen molar-refractivity contribution in [1.29, 1.82) is 0 Å². The maximum absolute atomic E-state index is 12.8. The Morgan fingerprint density at radius 2 is 2.00 bits per heavy atom. The van der Waals surface area contributed by atoms with Crippen LogP contribution in [-0.2, 0) is 13.6 Å². The largest absolute Gasteiger partial charge is 0.392 e. The van der Waals surface area contributed by atoms with Crippen molar-refractivity contribution in [2.75, 3.05) is 13.2 Å². The highest BCUT2D eigenvalue weighted by molar-refractivity contribution is 7.56. The molecule has 4 rings (SSSR count). The van der Waals surface area contributed by atoms with E-state index in [9.17, 15) is 9.67 Å². The van der Waals surface area contributed by atoms with Gasteiger partial charge in [-0.2, -0.15) is 0 Å². The second-order valence-electron chi connectivity index (χ2n) is 5.15. The van der Waals surface area contributed by atoms with Crippen LogP contribution < -0.4 is 0 Å². The van der Waals surface area contributed by atoms with E-state index in [0.29, 0.717) is 25.0 Å². The van der Waals surface area contributed by atoms with Crippen LogP contribution in [0.3, 0.4) is 0 Å². The van der Waals surface area contributed by atoms with E-state index in [4.69, 9.17) is 9.05 Å². The molecule has 4 nitrogen and oxygen atoms in total. The first-order valence-electron chi connectivity index (χ1n) is 6.18. The van der Waals surface area contributed by atoms with E-state index >= 15 is 0 Å². The van der Waals surface area contributed by atoms with Crippen molar-refractivity contribution in [1.82, 2.24) is 0 Å². The van der Waals surface area contributed by atoms with Crippen LogP contribution in [0.2, 0.25) is 0 Å². The Balaban J connectivity index is 1.90. The molecule has 4 fully saturated rings. The molecule has 16 heavy (non-hydrogen) atoms. The van der Waals surface area contributed by atoms with Gasteiger partial charge in [-0.3, -0.25) is 4.57 Å². The molecule has 0 spiro atoms. The fourth-order valence-electron chi connectivity index (χ4n) is 4.20. The molecule has 0 aromatic rings. The minimum atomic E-state index is -3.02. The lowest BCUT2D eigenvalue weighted by molar-refractivity contribution is 0.134. The molecule has 4 aliphatic rings. The van der Waals surface area contributed by atoms with E-state index in [1.54, 1.807) is 0 Å². The number of hydrogen-bond acceptors (Lipinski definition) is 4. The molecule has 1 N–H and O–H groups in total. The van der Waals surface area contributed by atoms with E-state index < -0.39 is 7.60 Å². The summed E-state index contributed by atoms with van der Waals surface area (Å²) < 4.78 is 23.7. The van der Waals surface area contributed by atoms with Crippen LogP contribution in [0.1, 0.15) is 26.7 Å². The van der Waals surface area contributed by atoms with Gasteiger partial charge >= 0.3 is 7.60 Å². The lowest BCUT2D eigenvalue weighted by Crippen LogP contribution is -2.16. The van der Waals surface area contributed by atoms with Crippen molar-refractivity contribution in [3.8, 4) is 0 Å². The molecule has 5 heteroatoms. The molecule has 0 heterocycles. The Kier molecular flexibility index (Phi) is 2.33. The summed E-state index contributed by atoms with van der Waals surface area (Å²) in [4.78, 5) is 0. The number of aliphatic hydroxyl groups is 1. The van der Waals surface area contributed by atoms with Crippen LogP contribution in [0.5, 0.6) is 0 Å². The maximum atomic E-state index is 12.8. The predicted octanol–water partition coefficient (Wildman–Crippen LogP) is 2.02. The first-order chi connectivity index (χ1) is 7.60. The Bertz CT molecular complexity index is 348. The third-order valence-corrected chi connectivity index (χ3v) is 7.68. The Labute approximate surface area is 95.9 Å². The van der Waals surface area contributed by atoms with Gasteiger partial charge in [-0.05, 0) is 38.5 Å². The summed E-state index contributed by atoms with van der Waals surface area (Å²) in [6, 6.07) is 0. The van der Waals surface area contributed by atoms with Crippen molar-refractivity contribution in [2.24, 2.45) is 17.8 Å². The third-order valence-electron chi connectivity index (χ3n) is 4.65. The van der Waals surface area contributed by atoms with Gasteiger partial charge in [-0.25, -0.2) is 0 Å². The highest BCUT2D eigenvalue weighted by Crippen LogP contribution is 2.88. The fourth-order valence-corrected chi connectivity index (χ4v) is 7.19. The van der Waals surface area contributed by atoms with Crippen LogP contribution in [0.4, 0.5) is 0 Å². The number of hydrogen-bond donors (Lipinski definition) is 1. The van der Waals surface area contributed by atoms with Gasteiger partial charge in [0.25, 0.3) is 0 Å². The summed E-state index contributed by atoms with van der Waals surface area (Å²) in [6.45, 7) is 4.52. The van der Waals surface area contributed by atoms with E-state index in [-0.39, 0.29) is 17.2 Å². The lowest BCUT2D eigenvalue weighted by Gasteiger charge is -2.24. The molecule has 0 aliphatic heterocycles. The molecule has 4 saturated carbocycles. The second kappa shape index (κ2) is 3.32. The molecule has 0 saturated heterocycles. The second-order valence-corrected chi connectivity index (χ2v) is 7.49. The molecule has 0 amide bonds. The molecule has 5 atom stereocenters. The SMILES string of the molecule is CCOP(=O)(OCC)[C@]12C[C@@H]3C[C@H]1[C@H]2[C@H]3O. The molecule has 4 aliphatic carbocycles. The van der Waals surface area contributed by atoms with Crippen molar-refractivity contribution < 1.29 is 18.7 Å². The fraction of sp³-hybridized carbons (Fsp3) is 1.00. The van der Waals surface area contributed by atoms with E-state index in [2.05, 4.69) is 0 Å². The zero-order valence-corrected chi connectivity index (χ0v) is 10.7. The maximum Gasteiger partial charge on any atom is 0.337 e. The average Bonchev–Trinajstić information content (AvgIpc) is 2.55. The molecule has 0 aromatic heterocycles. The van der Waals surface area contributed by atoms with E-state index in [0.717, 1.165) is 12.8 Å².